The van der Waals surface area contributed by atoms with Gasteiger partial charge >= 0.3 is 0 Å². The Morgan fingerprint density at radius 2 is 2.24 bits per heavy atom. The summed E-state index contributed by atoms with van der Waals surface area (Å²) in [5, 5.41) is 17.1. The van der Waals surface area contributed by atoms with Crippen molar-refractivity contribution in [2.45, 2.75) is 39.3 Å². The first-order valence-corrected chi connectivity index (χ1v) is 8.54. The molecule has 0 unspecified atom stereocenters. The van der Waals surface area contributed by atoms with Crippen molar-refractivity contribution >= 4 is 11.7 Å². The quantitative estimate of drug-likeness (QED) is 0.855. The molecule has 2 atom stereocenters. The van der Waals surface area contributed by atoms with Crippen molar-refractivity contribution in [3.8, 4) is 0 Å². The maximum atomic E-state index is 12.2. The van der Waals surface area contributed by atoms with Gasteiger partial charge in [0.15, 0.2) is 0 Å². The third-order valence-corrected chi connectivity index (χ3v) is 4.30. The van der Waals surface area contributed by atoms with Gasteiger partial charge in [-0.05, 0) is 32.9 Å². The van der Waals surface area contributed by atoms with E-state index in [1.54, 1.807) is 18.3 Å². The molecule has 2 N–H and O–H groups in total. The van der Waals surface area contributed by atoms with Crippen LogP contribution in [0.2, 0.25) is 0 Å². The van der Waals surface area contributed by atoms with Crippen LogP contribution in [0, 0.1) is 12.8 Å². The number of rotatable bonds is 5. The monoisotopic (exact) mass is 344 g/mol. The summed E-state index contributed by atoms with van der Waals surface area (Å²) in [6.07, 6.45) is 1.79. The van der Waals surface area contributed by atoms with Crippen LogP contribution in [0.1, 0.15) is 35.7 Å². The molecule has 1 amide bonds. The third kappa shape index (κ3) is 4.17. The van der Waals surface area contributed by atoms with E-state index in [1.165, 1.54) is 0 Å². The highest BCUT2D eigenvalue weighted by molar-refractivity contribution is 5.95. The first kappa shape index (κ1) is 17.4. The smallest absolute Gasteiger partial charge is 0.251 e. The van der Waals surface area contributed by atoms with Crippen LogP contribution in [0.3, 0.4) is 0 Å². The molecular weight excluding hydrogens is 320 g/mol. The molecule has 7 nitrogen and oxygen atoms in total. The number of anilines is 1. The average molecular weight is 344 g/mol. The van der Waals surface area contributed by atoms with Crippen LogP contribution in [-0.2, 0) is 6.42 Å². The molecule has 134 valence electrons. The summed E-state index contributed by atoms with van der Waals surface area (Å²) in [5.74, 6) is 1.41. The predicted molar refractivity (Wildman–Crippen MR) is 93.5 cm³/mol. The molecular formula is C18H24N4O3. The Morgan fingerprint density at radius 3 is 2.92 bits per heavy atom. The molecule has 0 spiro atoms. The molecule has 7 heteroatoms. The fraction of sp³-hybridized carbons (Fsp3) is 0.500. The van der Waals surface area contributed by atoms with E-state index in [9.17, 15) is 9.90 Å². The minimum absolute atomic E-state index is 0.0438. The van der Waals surface area contributed by atoms with Crippen LogP contribution in [0.5, 0.6) is 0 Å². The van der Waals surface area contributed by atoms with Crippen molar-refractivity contribution < 1.29 is 14.4 Å². The topological polar surface area (TPSA) is 91.5 Å². The number of carbonyl (C=O) groups excluding carboxylic acids is 1. The van der Waals surface area contributed by atoms with Crippen molar-refractivity contribution in [1.82, 2.24) is 15.5 Å². The lowest BCUT2D eigenvalue weighted by Crippen LogP contribution is -2.30. The molecule has 1 aliphatic heterocycles. The van der Waals surface area contributed by atoms with Crippen LogP contribution in [0.15, 0.2) is 28.9 Å². The van der Waals surface area contributed by atoms with E-state index in [1.807, 2.05) is 31.7 Å². The SMILES string of the molecule is Cc1cc(C[C@@H]2CN(c3cc(C(=O)NC(C)C)ccn3)C[C@H]2O)on1. The number of nitrogens with zero attached hydrogens (tertiary/aromatic N) is 3. The minimum Gasteiger partial charge on any atom is -0.391 e. The second kappa shape index (κ2) is 7.23. The normalized spacial score (nSPS) is 20.3. The molecule has 2 aromatic heterocycles. The van der Waals surface area contributed by atoms with Gasteiger partial charge in [0.1, 0.15) is 11.6 Å². The molecule has 1 saturated heterocycles. The van der Waals surface area contributed by atoms with Gasteiger partial charge in [0, 0.05) is 49.3 Å². The molecule has 1 fully saturated rings. The third-order valence-electron chi connectivity index (χ3n) is 4.30. The molecule has 0 saturated carbocycles. The summed E-state index contributed by atoms with van der Waals surface area (Å²) in [4.78, 5) is 18.5. The van der Waals surface area contributed by atoms with Crippen LogP contribution in [0.4, 0.5) is 5.82 Å². The molecule has 25 heavy (non-hydrogen) atoms. The second-order valence-corrected chi connectivity index (χ2v) is 6.90. The first-order valence-electron chi connectivity index (χ1n) is 8.54. The van der Waals surface area contributed by atoms with Crippen LogP contribution in [0.25, 0.3) is 0 Å². The highest BCUT2D eigenvalue weighted by Gasteiger charge is 2.33. The highest BCUT2D eigenvalue weighted by Crippen LogP contribution is 2.26. The molecule has 0 bridgehead atoms. The Balaban J connectivity index is 1.69. The van der Waals surface area contributed by atoms with Crippen molar-refractivity contribution in [1.29, 1.82) is 0 Å². The molecule has 1 aliphatic rings. The van der Waals surface area contributed by atoms with Gasteiger partial charge < -0.3 is 19.8 Å². The zero-order valence-corrected chi connectivity index (χ0v) is 14.8. The van der Waals surface area contributed by atoms with Gasteiger partial charge in [-0.15, -0.1) is 0 Å². The number of pyridine rings is 1. The van der Waals surface area contributed by atoms with Gasteiger partial charge in [0.25, 0.3) is 5.91 Å². The summed E-state index contributed by atoms with van der Waals surface area (Å²) in [7, 11) is 0. The zero-order valence-electron chi connectivity index (χ0n) is 14.8. The molecule has 0 radical (unpaired) electrons. The van der Waals surface area contributed by atoms with Crippen molar-refractivity contribution in [2.75, 3.05) is 18.0 Å². The number of hydrogen-bond donors (Lipinski definition) is 2. The van der Waals surface area contributed by atoms with E-state index in [-0.39, 0.29) is 17.9 Å². The lowest BCUT2D eigenvalue weighted by Gasteiger charge is -2.18. The Kier molecular flexibility index (Phi) is 5.03. The van der Waals surface area contributed by atoms with E-state index in [4.69, 9.17) is 4.52 Å². The van der Waals surface area contributed by atoms with Gasteiger partial charge in [-0.3, -0.25) is 4.79 Å². The van der Waals surface area contributed by atoms with E-state index in [0.29, 0.717) is 30.9 Å². The van der Waals surface area contributed by atoms with E-state index >= 15 is 0 Å². The number of β-amino-alcohol motifs (C(OH)–C–C–N with tert-alkyl or cyclic N) is 1. The standard InChI is InChI=1S/C18H24N4O3/c1-11(2)20-18(24)13-4-5-19-17(8-13)22-9-14(16(23)10-22)7-15-6-12(3)21-25-15/h4-6,8,11,14,16,23H,7,9-10H2,1-3H3,(H,20,24)/t14-,16-/m1/s1. The van der Waals surface area contributed by atoms with Gasteiger partial charge in [0.2, 0.25) is 0 Å². The summed E-state index contributed by atoms with van der Waals surface area (Å²) in [5.41, 5.74) is 1.41. The number of hydrogen-bond acceptors (Lipinski definition) is 6. The number of nitrogens with one attached hydrogen (secondary N) is 1. The van der Waals surface area contributed by atoms with Crippen molar-refractivity contribution in [3.05, 3.63) is 41.4 Å². The lowest BCUT2D eigenvalue weighted by molar-refractivity contribution is 0.0943. The second-order valence-electron chi connectivity index (χ2n) is 6.90. The Labute approximate surface area is 147 Å². The minimum atomic E-state index is -0.472. The summed E-state index contributed by atoms with van der Waals surface area (Å²) < 4.78 is 5.25. The number of amides is 1. The Hall–Kier alpha value is -2.41. The molecule has 0 aliphatic carbocycles. The average Bonchev–Trinajstić information content (AvgIpc) is 3.13. The maximum absolute atomic E-state index is 12.2. The number of aliphatic hydroxyl groups is 1. The van der Waals surface area contributed by atoms with E-state index < -0.39 is 6.10 Å². The number of carbonyl (C=O) groups is 1. The largest absolute Gasteiger partial charge is 0.391 e. The predicted octanol–water partition coefficient (Wildman–Crippen LogP) is 1.56. The molecule has 0 aromatic carbocycles. The van der Waals surface area contributed by atoms with Gasteiger partial charge in [0.05, 0.1) is 11.8 Å². The fourth-order valence-corrected chi connectivity index (χ4v) is 3.09. The van der Waals surface area contributed by atoms with E-state index in [0.717, 1.165) is 11.5 Å². The van der Waals surface area contributed by atoms with Crippen molar-refractivity contribution in [3.63, 3.8) is 0 Å². The van der Waals surface area contributed by atoms with Crippen LogP contribution < -0.4 is 10.2 Å². The number of aliphatic hydroxyl groups excluding tert-OH is 1. The lowest BCUT2D eigenvalue weighted by atomic mass is 10.0. The summed E-state index contributed by atoms with van der Waals surface area (Å²) in [6, 6.07) is 5.44. The van der Waals surface area contributed by atoms with Crippen molar-refractivity contribution in [2.24, 2.45) is 5.92 Å². The Morgan fingerprint density at radius 1 is 1.44 bits per heavy atom. The summed E-state index contributed by atoms with van der Waals surface area (Å²) >= 11 is 0. The summed E-state index contributed by atoms with van der Waals surface area (Å²) in [6.45, 7) is 6.87. The fourth-order valence-electron chi connectivity index (χ4n) is 3.09. The van der Waals surface area contributed by atoms with Crippen LogP contribution in [-0.4, -0.2) is 46.4 Å². The highest BCUT2D eigenvalue weighted by atomic mass is 16.5. The molecule has 3 rings (SSSR count). The first-order chi connectivity index (χ1) is 11.9. The van der Waals surface area contributed by atoms with E-state index in [2.05, 4.69) is 15.5 Å². The van der Waals surface area contributed by atoms with Gasteiger partial charge in [-0.25, -0.2) is 4.98 Å². The Bertz CT molecular complexity index is 743. The molecule has 3 heterocycles. The number of aryl methyl sites for hydroxylation is 1. The number of aromatic nitrogens is 2. The zero-order chi connectivity index (χ0) is 18.0. The van der Waals surface area contributed by atoms with Crippen LogP contribution >= 0.6 is 0 Å². The molecule has 2 aromatic rings. The maximum Gasteiger partial charge on any atom is 0.251 e. The van der Waals surface area contributed by atoms with Gasteiger partial charge in [-0.1, -0.05) is 5.16 Å². The van der Waals surface area contributed by atoms with Gasteiger partial charge in [-0.2, -0.15) is 0 Å².